The number of nitrogens with zero attached hydrogens (tertiary/aromatic N) is 2. The van der Waals surface area contributed by atoms with Crippen molar-refractivity contribution in [2.45, 2.75) is 6.54 Å². The molecule has 0 saturated carbocycles. The fraction of sp³-hybridized carbons (Fsp3) is 0.273. The summed E-state index contributed by atoms with van der Waals surface area (Å²) in [6.45, 7) is 2.54. The fourth-order valence-corrected chi connectivity index (χ4v) is 3.16. The molecule has 5 nitrogen and oxygen atoms in total. The topological polar surface area (TPSA) is 49.9 Å². The minimum atomic E-state index is -0.577. The van der Waals surface area contributed by atoms with Crippen LogP contribution in [0.2, 0.25) is 5.02 Å². The quantitative estimate of drug-likeness (QED) is 0.535. The van der Waals surface area contributed by atoms with Gasteiger partial charge in [-0.05, 0) is 29.8 Å². The minimum absolute atomic E-state index is 0.218. The van der Waals surface area contributed by atoms with E-state index in [9.17, 15) is 14.0 Å². The van der Waals surface area contributed by atoms with Crippen molar-refractivity contribution in [2.75, 3.05) is 32.8 Å². The number of hydrogen-bond donors (Lipinski definition) is 0. The third kappa shape index (κ3) is 6.41. The zero-order valence-electron chi connectivity index (χ0n) is 15.9. The van der Waals surface area contributed by atoms with E-state index in [2.05, 4.69) is 4.90 Å². The number of amides is 1. The molecule has 1 aliphatic heterocycles. The van der Waals surface area contributed by atoms with E-state index in [1.54, 1.807) is 47.4 Å². The summed E-state index contributed by atoms with van der Waals surface area (Å²) in [6, 6.07) is 13.7. The molecular weight excluding hydrogens is 395 g/mol. The molecule has 0 aromatic heterocycles. The Morgan fingerprint density at radius 1 is 1.03 bits per heavy atom. The Labute approximate surface area is 174 Å². The summed E-state index contributed by atoms with van der Waals surface area (Å²) in [5.74, 6) is -1.03. The first-order valence-corrected chi connectivity index (χ1v) is 9.73. The molecule has 1 saturated heterocycles. The van der Waals surface area contributed by atoms with E-state index in [1.165, 1.54) is 12.1 Å². The monoisotopic (exact) mass is 416 g/mol. The van der Waals surface area contributed by atoms with E-state index in [1.807, 2.05) is 6.07 Å². The number of halogens is 2. The van der Waals surface area contributed by atoms with Gasteiger partial charge in [0.15, 0.2) is 6.61 Å². The summed E-state index contributed by atoms with van der Waals surface area (Å²) >= 11 is 5.81. The second-order valence-electron chi connectivity index (χ2n) is 6.74. The van der Waals surface area contributed by atoms with Gasteiger partial charge in [0.1, 0.15) is 5.82 Å². The highest BCUT2D eigenvalue weighted by molar-refractivity contribution is 6.30. The molecule has 0 unspecified atom stereocenters. The van der Waals surface area contributed by atoms with Crippen molar-refractivity contribution in [3.05, 3.63) is 76.6 Å². The lowest BCUT2D eigenvalue weighted by atomic mass is 10.2. The van der Waals surface area contributed by atoms with Gasteiger partial charge in [-0.3, -0.25) is 9.69 Å². The number of rotatable bonds is 6. The average molecular weight is 417 g/mol. The van der Waals surface area contributed by atoms with Gasteiger partial charge in [0.2, 0.25) is 0 Å². The summed E-state index contributed by atoms with van der Waals surface area (Å²) in [5.41, 5.74) is 1.46. The maximum Gasteiger partial charge on any atom is 0.331 e. The van der Waals surface area contributed by atoms with E-state index in [0.29, 0.717) is 43.3 Å². The zero-order chi connectivity index (χ0) is 20.6. The number of piperazine rings is 1. The van der Waals surface area contributed by atoms with Crippen LogP contribution >= 0.6 is 11.6 Å². The maximum atomic E-state index is 13.8. The van der Waals surface area contributed by atoms with Gasteiger partial charge in [0.25, 0.3) is 5.91 Å². The molecule has 0 radical (unpaired) electrons. The molecule has 0 N–H and O–H groups in total. The molecule has 29 heavy (non-hydrogen) atoms. The van der Waals surface area contributed by atoms with Crippen molar-refractivity contribution in [1.82, 2.24) is 9.80 Å². The highest BCUT2D eigenvalue weighted by Crippen LogP contribution is 2.13. The zero-order valence-corrected chi connectivity index (χ0v) is 16.6. The Bertz CT molecular complexity index is 878. The lowest BCUT2D eigenvalue weighted by Gasteiger charge is -2.34. The van der Waals surface area contributed by atoms with Gasteiger partial charge >= 0.3 is 5.97 Å². The Balaban J connectivity index is 1.39. The predicted molar refractivity (Wildman–Crippen MR) is 110 cm³/mol. The third-order valence-electron chi connectivity index (χ3n) is 4.70. The minimum Gasteiger partial charge on any atom is -0.452 e. The second-order valence-corrected chi connectivity index (χ2v) is 7.18. The van der Waals surface area contributed by atoms with Gasteiger partial charge < -0.3 is 9.64 Å². The summed E-state index contributed by atoms with van der Waals surface area (Å²) in [6.07, 6.45) is 2.88. The first kappa shape index (κ1) is 21.0. The first-order valence-electron chi connectivity index (χ1n) is 9.35. The lowest BCUT2D eigenvalue weighted by Crippen LogP contribution is -2.49. The number of esters is 1. The van der Waals surface area contributed by atoms with Crippen LogP contribution in [-0.4, -0.2) is 54.5 Å². The molecule has 0 spiro atoms. The molecule has 2 aromatic rings. The van der Waals surface area contributed by atoms with Crippen LogP contribution in [0.5, 0.6) is 0 Å². The molecule has 1 aliphatic rings. The molecule has 0 atom stereocenters. The van der Waals surface area contributed by atoms with Crippen LogP contribution in [0, 0.1) is 5.82 Å². The van der Waals surface area contributed by atoms with Crippen LogP contribution in [0.15, 0.2) is 54.6 Å². The molecule has 7 heteroatoms. The highest BCUT2D eigenvalue weighted by atomic mass is 35.5. The normalized spacial score (nSPS) is 14.9. The van der Waals surface area contributed by atoms with Crippen LogP contribution in [0.3, 0.4) is 0 Å². The van der Waals surface area contributed by atoms with Crippen molar-refractivity contribution in [1.29, 1.82) is 0 Å². The Kier molecular flexibility index (Phi) is 7.38. The predicted octanol–water partition coefficient (Wildman–Crippen LogP) is 3.38. The number of carbonyl (C=O) groups is 2. The van der Waals surface area contributed by atoms with Crippen LogP contribution < -0.4 is 0 Å². The molecule has 1 fully saturated rings. The summed E-state index contributed by atoms with van der Waals surface area (Å²) in [4.78, 5) is 27.8. The molecule has 0 bridgehead atoms. The molecule has 3 rings (SSSR count). The molecule has 152 valence electrons. The Morgan fingerprint density at radius 2 is 1.72 bits per heavy atom. The molecule has 1 amide bonds. The van der Waals surface area contributed by atoms with Crippen LogP contribution in [-0.2, 0) is 20.9 Å². The second kappa shape index (κ2) is 10.2. The van der Waals surface area contributed by atoms with Crippen molar-refractivity contribution in [2.24, 2.45) is 0 Å². The number of carbonyl (C=O) groups excluding carboxylic acids is 2. The lowest BCUT2D eigenvalue weighted by molar-refractivity contribution is -0.149. The van der Waals surface area contributed by atoms with Gasteiger partial charge in [-0.2, -0.15) is 0 Å². The third-order valence-corrected chi connectivity index (χ3v) is 4.95. The van der Waals surface area contributed by atoms with Crippen molar-refractivity contribution in [3.8, 4) is 0 Å². The van der Waals surface area contributed by atoms with Crippen LogP contribution in [0.25, 0.3) is 6.08 Å². The SMILES string of the molecule is O=C(/C=C/c1ccc(Cl)cc1)OCC(=O)N1CCN(Cc2ccccc2F)CC1. The van der Waals surface area contributed by atoms with E-state index < -0.39 is 5.97 Å². The largest absolute Gasteiger partial charge is 0.452 e. The smallest absolute Gasteiger partial charge is 0.331 e. The van der Waals surface area contributed by atoms with E-state index in [0.717, 1.165) is 5.56 Å². The molecule has 2 aromatic carbocycles. The molecule has 1 heterocycles. The van der Waals surface area contributed by atoms with Gasteiger partial charge in [-0.15, -0.1) is 0 Å². The van der Waals surface area contributed by atoms with Gasteiger partial charge in [0.05, 0.1) is 0 Å². The first-order chi connectivity index (χ1) is 14.0. The van der Waals surface area contributed by atoms with Crippen LogP contribution in [0.4, 0.5) is 4.39 Å². The summed E-state index contributed by atoms with van der Waals surface area (Å²) in [5, 5.41) is 0.615. The molecular formula is C22H22ClFN2O3. The Hall–Kier alpha value is -2.70. The summed E-state index contributed by atoms with van der Waals surface area (Å²) < 4.78 is 18.8. The molecule has 0 aliphatic carbocycles. The standard InChI is InChI=1S/C22H22ClFN2O3/c23-19-8-5-17(6-9-19)7-10-22(28)29-16-21(27)26-13-11-25(12-14-26)15-18-3-1-2-4-20(18)24/h1-10H,11-16H2/b10-7+. The number of hydrogen-bond acceptors (Lipinski definition) is 4. The van der Waals surface area contributed by atoms with Gasteiger partial charge in [0, 0.05) is 49.4 Å². The fourth-order valence-electron chi connectivity index (χ4n) is 3.03. The number of ether oxygens (including phenoxy) is 1. The number of benzene rings is 2. The van der Waals surface area contributed by atoms with Crippen molar-refractivity contribution >= 4 is 29.6 Å². The van der Waals surface area contributed by atoms with Gasteiger partial charge in [-0.25, -0.2) is 9.18 Å². The average Bonchev–Trinajstić information content (AvgIpc) is 2.74. The van der Waals surface area contributed by atoms with Crippen molar-refractivity contribution in [3.63, 3.8) is 0 Å². The van der Waals surface area contributed by atoms with E-state index in [-0.39, 0.29) is 18.3 Å². The van der Waals surface area contributed by atoms with E-state index in [4.69, 9.17) is 16.3 Å². The van der Waals surface area contributed by atoms with Gasteiger partial charge in [-0.1, -0.05) is 41.9 Å². The highest BCUT2D eigenvalue weighted by Gasteiger charge is 2.22. The van der Waals surface area contributed by atoms with Crippen LogP contribution in [0.1, 0.15) is 11.1 Å². The van der Waals surface area contributed by atoms with Crippen molar-refractivity contribution < 1.29 is 18.7 Å². The van der Waals surface area contributed by atoms with E-state index >= 15 is 0 Å². The summed E-state index contributed by atoms with van der Waals surface area (Å²) in [7, 11) is 0. The maximum absolute atomic E-state index is 13.8. The Morgan fingerprint density at radius 3 is 2.41 bits per heavy atom.